The van der Waals surface area contributed by atoms with Crippen LogP contribution in [0.2, 0.25) is 0 Å². The molecule has 3 aromatic carbocycles. The summed E-state index contributed by atoms with van der Waals surface area (Å²) in [5, 5.41) is 14.6. The fraction of sp³-hybridized carbons (Fsp3) is 0.333. The molecule has 0 aliphatic carbocycles. The van der Waals surface area contributed by atoms with Gasteiger partial charge in [0.25, 0.3) is 0 Å². The molecule has 2 N–H and O–H groups in total. The van der Waals surface area contributed by atoms with E-state index in [1.54, 1.807) is 29.2 Å². The maximum absolute atomic E-state index is 15.6. The lowest BCUT2D eigenvalue weighted by atomic mass is 9.87. The number of carboxylic acid groups (broad SMARTS) is 1. The van der Waals surface area contributed by atoms with Crippen molar-refractivity contribution in [1.29, 1.82) is 0 Å². The highest BCUT2D eigenvalue weighted by molar-refractivity contribution is 7.91. The molecule has 0 fully saturated rings. The van der Waals surface area contributed by atoms with Crippen LogP contribution >= 0.6 is 0 Å². The van der Waals surface area contributed by atoms with E-state index in [0.29, 0.717) is 47.8 Å². The average Bonchev–Trinajstić information content (AvgIpc) is 3.68. The van der Waals surface area contributed by atoms with Crippen molar-refractivity contribution in [2.45, 2.75) is 58.4 Å². The van der Waals surface area contributed by atoms with Crippen LogP contribution in [0.4, 0.5) is 8.78 Å². The van der Waals surface area contributed by atoms with E-state index in [4.69, 9.17) is 9.84 Å². The number of fused-ring (bicyclic) bond motifs is 8. The molecule has 47 heavy (non-hydrogen) atoms. The fourth-order valence-corrected chi connectivity index (χ4v) is 8.54. The van der Waals surface area contributed by atoms with Gasteiger partial charge in [0.15, 0.2) is 21.4 Å². The van der Waals surface area contributed by atoms with Crippen LogP contribution in [0.15, 0.2) is 73.1 Å². The fourth-order valence-electron chi connectivity index (χ4n) is 6.55. The molecular weight excluding hydrogens is 624 g/mol. The van der Waals surface area contributed by atoms with Gasteiger partial charge < -0.3 is 14.8 Å². The van der Waals surface area contributed by atoms with Crippen LogP contribution in [0.5, 0.6) is 11.5 Å². The van der Waals surface area contributed by atoms with Crippen LogP contribution < -0.4 is 4.74 Å². The van der Waals surface area contributed by atoms with Crippen LogP contribution in [0, 0.1) is 17.0 Å². The number of hydrogen-bond donors (Lipinski definition) is 2. The maximum atomic E-state index is 15.6. The first-order valence-electron chi connectivity index (χ1n) is 15.7. The number of nitrogens with zero attached hydrogens (tertiary/aromatic N) is 2. The molecule has 1 aliphatic rings. The highest BCUT2D eigenvalue weighted by Gasteiger charge is 2.29. The highest BCUT2D eigenvalue weighted by Crippen LogP contribution is 2.38. The zero-order chi connectivity index (χ0) is 33.3. The Morgan fingerprint density at radius 1 is 1.11 bits per heavy atom. The molecule has 0 amide bonds. The number of carbonyl (C=O) groups is 1. The smallest absolute Gasteiger partial charge is 0.303 e. The normalized spacial score (nSPS) is 18.1. The molecule has 4 bridgehead atoms. The monoisotopic (exact) mass is 661 g/mol. The summed E-state index contributed by atoms with van der Waals surface area (Å²) < 4.78 is 65.7. The van der Waals surface area contributed by atoms with E-state index in [2.05, 4.69) is 4.98 Å². The van der Waals surface area contributed by atoms with Crippen LogP contribution in [0.1, 0.15) is 62.3 Å². The number of benzene rings is 3. The predicted molar refractivity (Wildman–Crippen MR) is 176 cm³/mol. The topological polar surface area (TPSA) is 114 Å². The van der Waals surface area contributed by atoms with Gasteiger partial charge in [0.1, 0.15) is 11.6 Å². The van der Waals surface area contributed by atoms with Crippen molar-refractivity contribution in [3.8, 4) is 22.8 Å². The molecule has 1 atom stereocenters. The number of H-pyrrole nitrogens is 1. The van der Waals surface area contributed by atoms with Gasteiger partial charge in [-0.1, -0.05) is 44.5 Å². The van der Waals surface area contributed by atoms with E-state index in [-0.39, 0.29) is 47.5 Å². The molecule has 8 nitrogen and oxygen atoms in total. The predicted octanol–water partition coefficient (Wildman–Crippen LogP) is 7.88. The number of hydrogen-bond acceptors (Lipinski definition) is 5. The minimum atomic E-state index is -3.56. The van der Waals surface area contributed by atoms with Crippen molar-refractivity contribution in [1.82, 2.24) is 14.8 Å². The average molecular weight is 662 g/mol. The number of nitrogens with one attached hydrogen (secondary N) is 1. The number of aromatic nitrogens is 3. The molecule has 5 aromatic rings. The number of aromatic amines is 1. The van der Waals surface area contributed by atoms with Crippen molar-refractivity contribution in [3.63, 3.8) is 0 Å². The Morgan fingerprint density at radius 3 is 2.74 bits per heavy atom. The summed E-state index contributed by atoms with van der Waals surface area (Å²) in [7, 11) is -3.56. The lowest BCUT2D eigenvalue weighted by molar-refractivity contribution is -0.136. The molecule has 0 saturated carbocycles. The second-order valence-electron chi connectivity index (χ2n) is 13.1. The Kier molecular flexibility index (Phi) is 8.93. The van der Waals surface area contributed by atoms with Crippen molar-refractivity contribution in [2.75, 3.05) is 11.5 Å². The van der Waals surface area contributed by atoms with Gasteiger partial charge in [0, 0.05) is 46.9 Å². The van der Waals surface area contributed by atoms with Gasteiger partial charge in [-0.05, 0) is 72.6 Å². The highest BCUT2D eigenvalue weighted by atomic mass is 32.2. The van der Waals surface area contributed by atoms with Crippen molar-refractivity contribution in [2.24, 2.45) is 5.41 Å². The second-order valence-corrected chi connectivity index (χ2v) is 15.3. The van der Waals surface area contributed by atoms with Crippen LogP contribution in [0.25, 0.3) is 22.2 Å². The number of aryl methyl sites for hydroxylation is 2. The van der Waals surface area contributed by atoms with Gasteiger partial charge in [-0.3, -0.25) is 9.48 Å². The quantitative estimate of drug-likeness (QED) is 0.203. The molecule has 0 saturated heterocycles. The van der Waals surface area contributed by atoms with E-state index in [9.17, 15) is 18.3 Å². The lowest BCUT2D eigenvalue weighted by Gasteiger charge is -2.26. The molecule has 246 valence electrons. The van der Waals surface area contributed by atoms with Gasteiger partial charge in [-0.25, -0.2) is 17.2 Å². The molecule has 11 heteroatoms. The largest absolute Gasteiger partial charge is 0.481 e. The maximum Gasteiger partial charge on any atom is 0.303 e. The molecule has 0 radical (unpaired) electrons. The molecule has 2 aromatic heterocycles. The van der Waals surface area contributed by atoms with Crippen molar-refractivity contribution >= 4 is 26.7 Å². The number of aliphatic carboxylic acids is 1. The summed E-state index contributed by atoms with van der Waals surface area (Å²) in [5.41, 5.74) is 2.74. The molecule has 0 spiro atoms. The second kappa shape index (κ2) is 12.9. The first kappa shape index (κ1) is 32.4. The van der Waals surface area contributed by atoms with Crippen LogP contribution in [0.3, 0.4) is 0 Å². The van der Waals surface area contributed by atoms with Crippen molar-refractivity contribution in [3.05, 3.63) is 101 Å². The molecule has 6 rings (SSSR count). The van der Waals surface area contributed by atoms with Gasteiger partial charge >= 0.3 is 5.97 Å². The van der Waals surface area contributed by atoms with Gasteiger partial charge in [-0.15, -0.1) is 0 Å². The minimum Gasteiger partial charge on any atom is -0.481 e. The van der Waals surface area contributed by atoms with E-state index >= 15 is 8.78 Å². The van der Waals surface area contributed by atoms with Crippen LogP contribution in [-0.4, -0.2) is 45.8 Å². The Morgan fingerprint density at radius 2 is 1.94 bits per heavy atom. The minimum absolute atomic E-state index is 0.00479. The van der Waals surface area contributed by atoms with Gasteiger partial charge in [0.2, 0.25) is 0 Å². The van der Waals surface area contributed by atoms with E-state index < -0.39 is 32.9 Å². The number of sulfone groups is 1. The zero-order valence-electron chi connectivity index (χ0n) is 26.3. The third-order valence-corrected chi connectivity index (χ3v) is 10.8. The molecular formula is C36H37F2N3O5S. The number of rotatable bonds is 4. The summed E-state index contributed by atoms with van der Waals surface area (Å²) in [4.78, 5) is 14.2. The van der Waals surface area contributed by atoms with Crippen LogP contribution in [-0.2, 0) is 27.5 Å². The summed E-state index contributed by atoms with van der Waals surface area (Å²) in [6.45, 7) is 3.87. The lowest BCUT2D eigenvalue weighted by Crippen LogP contribution is -2.27. The van der Waals surface area contributed by atoms with E-state index in [1.165, 1.54) is 24.3 Å². The Labute approximate surface area is 272 Å². The Bertz CT molecular complexity index is 2050. The van der Waals surface area contributed by atoms with Crippen molar-refractivity contribution < 1.29 is 31.8 Å². The van der Waals surface area contributed by atoms with E-state index in [0.717, 1.165) is 11.1 Å². The third kappa shape index (κ3) is 7.40. The summed E-state index contributed by atoms with van der Waals surface area (Å²) in [6, 6.07) is 16.3. The van der Waals surface area contributed by atoms with E-state index in [1.807, 2.05) is 38.1 Å². The van der Waals surface area contributed by atoms with Gasteiger partial charge in [0.05, 0.1) is 23.2 Å². The number of ether oxygens (including phenoxy) is 1. The summed E-state index contributed by atoms with van der Waals surface area (Å²) >= 11 is 0. The number of carboxylic acids is 1. The third-order valence-electron chi connectivity index (χ3n) is 8.80. The number of halogens is 2. The Balaban J connectivity index is 1.44. The molecule has 1 aliphatic heterocycles. The van der Waals surface area contributed by atoms with Gasteiger partial charge in [-0.2, -0.15) is 5.10 Å². The first-order chi connectivity index (χ1) is 22.4. The summed E-state index contributed by atoms with van der Waals surface area (Å²) in [5.74, 6) is -2.21. The molecule has 3 heterocycles. The SMILES string of the molecule is CC1(C)CCCC(c2cccc(CCC(=O)O)c2)n2ccc(n2)-c2cc(ccc2F)Oc2c(F)cc3[nH]ccc3c2CCS(=O)(=O)C1. The Hall–Kier alpha value is -4.51. The first-order valence-corrected chi connectivity index (χ1v) is 17.5. The zero-order valence-corrected chi connectivity index (χ0v) is 27.1. The summed E-state index contributed by atoms with van der Waals surface area (Å²) in [6.07, 6.45) is 5.78. The standard InChI is InChI=1S/C36H37F2N3O5S/c1-36(2)15-4-7-33(24-6-3-5-23(19-24)8-11-34(42)43)41-17-13-31(40-41)28-20-25(9-10-29(28)37)46-35-27(14-18-47(44,45)22-36)26-12-16-39-32(26)21-30(35)38/h3,5-6,9-10,12-13,16-17,19-21,33,39H,4,7-8,11,14-15,18,22H2,1-2H3,(H,42,43). The molecule has 1 unspecified atom stereocenters.